The summed E-state index contributed by atoms with van der Waals surface area (Å²) in [7, 11) is 1.58. The number of nitrogens with zero attached hydrogens (tertiary/aromatic N) is 1. The third-order valence-corrected chi connectivity index (χ3v) is 3.08. The highest BCUT2D eigenvalue weighted by atomic mass is 16.5. The first-order valence-corrected chi connectivity index (χ1v) is 6.78. The van der Waals surface area contributed by atoms with Crippen LogP contribution in [0.15, 0.2) is 24.3 Å². The summed E-state index contributed by atoms with van der Waals surface area (Å²) >= 11 is 0. The summed E-state index contributed by atoms with van der Waals surface area (Å²) in [5.74, 6) is -0.443. The predicted molar refractivity (Wildman–Crippen MR) is 79.2 cm³/mol. The molecule has 0 aliphatic carbocycles. The van der Waals surface area contributed by atoms with Crippen LogP contribution in [-0.2, 0) is 16.1 Å². The van der Waals surface area contributed by atoms with Gasteiger partial charge >= 0.3 is 5.97 Å². The molecule has 0 fully saturated rings. The fraction of sp³-hybridized carbons (Fsp3) is 0.467. The Kier molecular flexibility index (Phi) is 6.68. The molecule has 1 amide bonds. The van der Waals surface area contributed by atoms with E-state index >= 15 is 0 Å². The number of methoxy groups -OCH3 is 1. The molecule has 0 aliphatic heterocycles. The van der Waals surface area contributed by atoms with Crippen LogP contribution in [0.2, 0.25) is 0 Å². The Labute approximate surface area is 124 Å². The van der Waals surface area contributed by atoms with E-state index in [0.717, 1.165) is 5.56 Å². The van der Waals surface area contributed by atoms with Crippen LogP contribution in [0.25, 0.3) is 0 Å². The van der Waals surface area contributed by atoms with Gasteiger partial charge in [0, 0.05) is 18.2 Å². The molecule has 1 aromatic carbocycles. The summed E-state index contributed by atoms with van der Waals surface area (Å²) in [6, 6.07) is 7.41. The molecule has 0 bridgehead atoms. The molecular formula is C15H22N2O4. The third-order valence-electron chi connectivity index (χ3n) is 3.08. The Morgan fingerprint density at radius 3 is 2.52 bits per heavy atom. The van der Waals surface area contributed by atoms with Gasteiger partial charge in [0.1, 0.15) is 5.75 Å². The number of hydrogen-bond acceptors (Lipinski definition) is 4. The Hall–Kier alpha value is -2.08. The van der Waals surface area contributed by atoms with Crippen molar-refractivity contribution in [3.05, 3.63) is 29.8 Å². The molecule has 116 valence electrons. The summed E-state index contributed by atoms with van der Waals surface area (Å²) in [6.45, 7) is 3.97. The smallest absolute Gasteiger partial charge is 0.317 e. The molecule has 0 aromatic heterocycles. The second-order valence-electron chi connectivity index (χ2n) is 4.98. The number of carboxylic acids is 1. The molecule has 2 N–H and O–H groups in total. The summed E-state index contributed by atoms with van der Waals surface area (Å²) in [5.41, 5.74) is 0.877. The van der Waals surface area contributed by atoms with Crippen molar-refractivity contribution in [3.63, 3.8) is 0 Å². The monoisotopic (exact) mass is 294 g/mol. The summed E-state index contributed by atoms with van der Waals surface area (Å²) in [6.07, 6.45) is 0. The first-order chi connectivity index (χ1) is 9.93. The van der Waals surface area contributed by atoms with Gasteiger partial charge in [0.05, 0.1) is 20.2 Å². The normalized spacial score (nSPS) is 10.7. The molecule has 0 aliphatic rings. The van der Waals surface area contributed by atoms with E-state index in [9.17, 15) is 9.59 Å². The maximum atomic E-state index is 11.9. The minimum atomic E-state index is -0.943. The number of rotatable bonds is 8. The number of ether oxygens (including phenoxy) is 1. The molecule has 0 radical (unpaired) electrons. The average molecular weight is 294 g/mol. The number of hydrogen-bond donors (Lipinski definition) is 2. The number of carboxylic acid groups (broad SMARTS) is 1. The topological polar surface area (TPSA) is 78.9 Å². The molecule has 6 heteroatoms. The van der Waals surface area contributed by atoms with Gasteiger partial charge in [-0.2, -0.15) is 0 Å². The van der Waals surface area contributed by atoms with Gasteiger partial charge in [-0.05, 0) is 19.9 Å². The average Bonchev–Trinajstić information content (AvgIpc) is 2.44. The van der Waals surface area contributed by atoms with Crippen molar-refractivity contribution in [2.75, 3.05) is 20.2 Å². The molecule has 1 aromatic rings. The van der Waals surface area contributed by atoms with Crippen LogP contribution in [0, 0.1) is 0 Å². The summed E-state index contributed by atoms with van der Waals surface area (Å²) < 4.78 is 5.21. The van der Waals surface area contributed by atoms with Crippen molar-refractivity contribution in [1.82, 2.24) is 10.2 Å². The Morgan fingerprint density at radius 1 is 1.29 bits per heavy atom. The second-order valence-corrected chi connectivity index (χ2v) is 4.98. The van der Waals surface area contributed by atoms with Crippen LogP contribution in [-0.4, -0.2) is 48.1 Å². The first-order valence-electron chi connectivity index (χ1n) is 6.78. The van der Waals surface area contributed by atoms with Gasteiger partial charge in [-0.25, -0.2) is 0 Å². The van der Waals surface area contributed by atoms with E-state index < -0.39 is 5.97 Å². The van der Waals surface area contributed by atoms with Crippen molar-refractivity contribution in [2.24, 2.45) is 0 Å². The number of benzene rings is 1. The summed E-state index contributed by atoms with van der Waals surface area (Å²) in [5, 5.41) is 11.6. The van der Waals surface area contributed by atoms with Gasteiger partial charge in [-0.1, -0.05) is 18.2 Å². The van der Waals surface area contributed by atoms with Crippen LogP contribution in [0.1, 0.15) is 19.4 Å². The van der Waals surface area contributed by atoms with E-state index in [1.165, 1.54) is 0 Å². The quantitative estimate of drug-likeness (QED) is 0.751. The van der Waals surface area contributed by atoms with Gasteiger partial charge in [-0.15, -0.1) is 0 Å². The van der Waals surface area contributed by atoms with E-state index in [2.05, 4.69) is 5.32 Å². The van der Waals surface area contributed by atoms with E-state index in [1.807, 2.05) is 38.1 Å². The molecule has 0 atom stereocenters. The molecule has 1 rings (SSSR count). The Morgan fingerprint density at radius 2 is 1.95 bits per heavy atom. The number of carbonyl (C=O) groups is 2. The highest BCUT2D eigenvalue weighted by Gasteiger charge is 2.17. The van der Waals surface area contributed by atoms with Crippen molar-refractivity contribution >= 4 is 11.9 Å². The molecule has 6 nitrogen and oxygen atoms in total. The molecule has 0 spiro atoms. The van der Waals surface area contributed by atoms with Crippen LogP contribution in [0.5, 0.6) is 5.75 Å². The maximum absolute atomic E-state index is 11.9. The SMILES string of the molecule is COc1ccccc1CNC(=O)CN(CC(=O)O)C(C)C. The van der Waals surface area contributed by atoms with Crippen LogP contribution in [0.4, 0.5) is 0 Å². The van der Waals surface area contributed by atoms with E-state index in [-0.39, 0.29) is 25.0 Å². The van der Waals surface area contributed by atoms with Gasteiger partial charge in [-0.3, -0.25) is 14.5 Å². The lowest BCUT2D eigenvalue weighted by Gasteiger charge is -2.23. The van der Waals surface area contributed by atoms with Crippen molar-refractivity contribution in [1.29, 1.82) is 0 Å². The molecule has 0 saturated heterocycles. The predicted octanol–water partition coefficient (Wildman–Crippen LogP) is 1.11. The molecule has 0 heterocycles. The number of para-hydroxylation sites is 1. The fourth-order valence-electron chi connectivity index (χ4n) is 1.88. The highest BCUT2D eigenvalue weighted by molar-refractivity contribution is 5.79. The Balaban J connectivity index is 2.54. The molecule has 21 heavy (non-hydrogen) atoms. The molecular weight excluding hydrogens is 272 g/mol. The van der Waals surface area contributed by atoms with Gasteiger partial charge in [0.2, 0.25) is 5.91 Å². The number of carbonyl (C=O) groups excluding carboxylic acids is 1. The van der Waals surface area contributed by atoms with Gasteiger partial charge in [0.25, 0.3) is 0 Å². The highest BCUT2D eigenvalue weighted by Crippen LogP contribution is 2.16. The second kappa shape index (κ2) is 8.26. The lowest BCUT2D eigenvalue weighted by atomic mass is 10.2. The zero-order valence-corrected chi connectivity index (χ0v) is 12.6. The van der Waals surface area contributed by atoms with Gasteiger partial charge < -0.3 is 15.2 Å². The van der Waals surface area contributed by atoms with Crippen molar-refractivity contribution in [2.45, 2.75) is 26.4 Å². The fourth-order valence-corrected chi connectivity index (χ4v) is 1.88. The number of nitrogens with one attached hydrogen (secondary N) is 1. The number of amides is 1. The minimum absolute atomic E-state index is 0.0156. The largest absolute Gasteiger partial charge is 0.496 e. The number of aliphatic carboxylic acids is 1. The minimum Gasteiger partial charge on any atom is -0.496 e. The van der Waals surface area contributed by atoms with E-state index in [4.69, 9.17) is 9.84 Å². The van der Waals surface area contributed by atoms with Crippen molar-refractivity contribution < 1.29 is 19.4 Å². The van der Waals surface area contributed by atoms with Crippen LogP contribution >= 0.6 is 0 Å². The lowest BCUT2D eigenvalue weighted by molar-refractivity contribution is -0.139. The maximum Gasteiger partial charge on any atom is 0.317 e. The van der Waals surface area contributed by atoms with Crippen LogP contribution < -0.4 is 10.1 Å². The first kappa shape index (κ1) is 17.0. The van der Waals surface area contributed by atoms with Crippen molar-refractivity contribution in [3.8, 4) is 5.75 Å². The molecule has 0 unspecified atom stereocenters. The third kappa shape index (κ3) is 5.83. The lowest BCUT2D eigenvalue weighted by Crippen LogP contribution is -2.43. The standard InChI is InChI=1S/C15H22N2O4/c1-11(2)17(10-15(19)20)9-14(18)16-8-12-6-4-5-7-13(12)21-3/h4-7,11H,8-10H2,1-3H3,(H,16,18)(H,19,20). The summed E-state index contributed by atoms with van der Waals surface area (Å²) in [4.78, 5) is 24.3. The molecule has 0 saturated carbocycles. The zero-order valence-electron chi connectivity index (χ0n) is 12.6. The zero-order chi connectivity index (χ0) is 15.8. The Bertz CT molecular complexity index is 488. The van der Waals surface area contributed by atoms with Gasteiger partial charge in [0.15, 0.2) is 0 Å². The van der Waals surface area contributed by atoms with E-state index in [1.54, 1.807) is 12.0 Å². The van der Waals surface area contributed by atoms with E-state index in [0.29, 0.717) is 12.3 Å². The van der Waals surface area contributed by atoms with Crippen LogP contribution in [0.3, 0.4) is 0 Å².